The molecular weight excluding hydrogens is 258 g/mol. The van der Waals surface area contributed by atoms with E-state index in [1.165, 1.54) is 10.9 Å². The molecule has 1 aromatic rings. The Bertz CT molecular complexity index is 436. The van der Waals surface area contributed by atoms with Crippen molar-refractivity contribution in [3.05, 3.63) is 21.6 Å². The van der Waals surface area contributed by atoms with Gasteiger partial charge in [0.25, 0.3) is 5.56 Å². The monoisotopic (exact) mass is 275 g/mol. The van der Waals surface area contributed by atoms with E-state index in [0.717, 1.165) is 0 Å². The van der Waals surface area contributed by atoms with Gasteiger partial charge in [0.15, 0.2) is 0 Å². The molecule has 1 heterocycles. The standard InChI is InChI=1S/C11H18ClN3O3/c1-3-15-11(17)10(12)9(6-13-15)14-8(7-16)4-5-18-2/h6,8,14,16H,3-5,7H2,1-2H3. The van der Waals surface area contributed by atoms with E-state index in [1.807, 2.05) is 6.92 Å². The zero-order valence-electron chi connectivity index (χ0n) is 10.5. The summed E-state index contributed by atoms with van der Waals surface area (Å²) in [7, 11) is 1.59. The molecule has 0 aliphatic heterocycles. The maximum absolute atomic E-state index is 11.7. The molecule has 0 aliphatic rings. The smallest absolute Gasteiger partial charge is 0.287 e. The van der Waals surface area contributed by atoms with Crippen LogP contribution in [0, 0.1) is 0 Å². The van der Waals surface area contributed by atoms with Crippen LogP contribution in [0.25, 0.3) is 0 Å². The number of rotatable bonds is 7. The fourth-order valence-electron chi connectivity index (χ4n) is 1.48. The summed E-state index contributed by atoms with van der Waals surface area (Å²) in [5.41, 5.74) is 0.0918. The molecular formula is C11H18ClN3O3. The van der Waals surface area contributed by atoms with Crippen LogP contribution in [0.2, 0.25) is 5.02 Å². The minimum atomic E-state index is -0.340. The minimum absolute atomic E-state index is 0.0729. The molecule has 1 rings (SSSR count). The number of aliphatic hydroxyl groups is 1. The zero-order valence-corrected chi connectivity index (χ0v) is 11.3. The first kappa shape index (κ1) is 14.9. The number of nitrogens with zero attached hydrogens (tertiary/aromatic N) is 2. The maximum Gasteiger partial charge on any atom is 0.287 e. The van der Waals surface area contributed by atoms with Gasteiger partial charge in [0.1, 0.15) is 5.02 Å². The summed E-state index contributed by atoms with van der Waals surface area (Å²) in [5.74, 6) is 0. The topological polar surface area (TPSA) is 76.4 Å². The van der Waals surface area contributed by atoms with Gasteiger partial charge in [0, 0.05) is 20.3 Å². The van der Waals surface area contributed by atoms with E-state index in [9.17, 15) is 9.90 Å². The Labute approximate surface area is 111 Å². The predicted molar refractivity (Wildman–Crippen MR) is 70.2 cm³/mol. The number of hydrogen-bond donors (Lipinski definition) is 2. The van der Waals surface area contributed by atoms with E-state index in [0.29, 0.717) is 25.3 Å². The fourth-order valence-corrected chi connectivity index (χ4v) is 1.68. The van der Waals surface area contributed by atoms with Gasteiger partial charge in [0.05, 0.1) is 24.5 Å². The van der Waals surface area contributed by atoms with Crippen LogP contribution < -0.4 is 10.9 Å². The van der Waals surface area contributed by atoms with Crippen LogP contribution in [0.1, 0.15) is 13.3 Å². The number of aryl methyl sites for hydroxylation is 1. The summed E-state index contributed by atoms with van der Waals surface area (Å²) < 4.78 is 6.21. The summed E-state index contributed by atoms with van der Waals surface area (Å²) in [6.07, 6.45) is 2.10. The number of hydrogen-bond acceptors (Lipinski definition) is 5. The Balaban J connectivity index is 2.84. The molecule has 0 saturated heterocycles. The molecule has 0 fully saturated rings. The molecule has 0 aromatic carbocycles. The van der Waals surface area contributed by atoms with E-state index < -0.39 is 0 Å². The predicted octanol–water partition coefficient (Wildman–Crippen LogP) is 0.726. The average molecular weight is 276 g/mol. The second-order valence-electron chi connectivity index (χ2n) is 3.80. The lowest BCUT2D eigenvalue weighted by molar-refractivity contribution is 0.174. The molecule has 18 heavy (non-hydrogen) atoms. The summed E-state index contributed by atoms with van der Waals surface area (Å²) in [6, 6.07) is -0.221. The number of nitrogens with one attached hydrogen (secondary N) is 1. The number of ether oxygens (including phenoxy) is 1. The normalized spacial score (nSPS) is 12.4. The third-order valence-corrected chi connectivity index (χ3v) is 2.90. The third-order valence-electron chi connectivity index (χ3n) is 2.53. The quantitative estimate of drug-likeness (QED) is 0.767. The second kappa shape index (κ2) is 7.35. The molecule has 0 bridgehead atoms. The SMILES string of the molecule is CCn1ncc(NC(CO)CCOC)c(Cl)c1=O. The summed E-state index contributed by atoms with van der Waals surface area (Å²) >= 11 is 5.96. The Morgan fingerprint density at radius 2 is 2.39 bits per heavy atom. The van der Waals surface area contributed by atoms with E-state index in [-0.39, 0.29) is 23.2 Å². The van der Waals surface area contributed by atoms with Crippen LogP contribution in [0.3, 0.4) is 0 Å². The summed E-state index contributed by atoms with van der Waals surface area (Å²) in [5, 5.41) is 16.3. The highest BCUT2D eigenvalue weighted by Crippen LogP contribution is 2.17. The van der Waals surface area contributed by atoms with E-state index in [2.05, 4.69) is 10.4 Å². The van der Waals surface area contributed by atoms with Gasteiger partial charge in [-0.1, -0.05) is 11.6 Å². The van der Waals surface area contributed by atoms with E-state index in [1.54, 1.807) is 7.11 Å². The van der Waals surface area contributed by atoms with Crippen LogP contribution >= 0.6 is 11.6 Å². The molecule has 0 radical (unpaired) electrons. The van der Waals surface area contributed by atoms with Gasteiger partial charge in [-0.15, -0.1) is 0 Å². The molecule has 0 saturated carbocycles. The fraction of sp³-hybridized carbons (Fsp3) is 0.636. The van der Waals surface area contributed by atoms with Gasteiger partial charge in [-0.2, -0.15) is 5.10 Å². The van der Waals surface area contributed by atoms with Gasteiger partial charge in [-0.05, 0) is 13.3 Å². The van der Waals surface area contributed by atoms with Crippen LogP contribution in [-0.4, -0.2) is 41.3 Å². The molecule has 0 spiro atoms. The largest absolute Gasteiger partial charge is 0.394 e. The Morgan fingerprint density at radius 1 is 1.67 bits per heavy atom. The Morgan fingerprint density at radius 3 is 2.94 bits per heavy atom. The molecule has 6 nitrogen and oxygen atoms in total. The third kappa shape index (κ3) is 3.69. The molecule has 0 aliphatic carbocycles. The molecule has 0 amide bonds. The van der Waals surface area contributed by atoms with Gasteiger partial charge in [-0.3, -0.25) is 4.79 Å². The summed E-state index contributed by atoms with van der Waals surface area (Å²) in [4.78, 5) is 11.7. The van der Waals surface area contributed by atoms with Crippen molar-refractivity contribution < 1.29 is 9.84 Å². The molecule has 7 heteroatoms. The highest BCUT2D eigenvalue weighted by Gasteiger charge is 2.13. The number of aliphatic hydroxyl groups excluding tert-OH is 1. The van der Waals surface area contributed by atoms with Crippen molar-refractivity contribution in [2.75, 3.05) is 25.6 Å². The van der Waals surface area contributed by atoms with Crippen molar-refractivity contribution in [2.24, 2.45) is 0 Å². The van der Waals surface area contributed by atoms with Crippen molar-refractivity contribution in [3.8, 4) is 0 Å². The Kier molecular flexibility index (Phi) is 6.11. The molecule has 1 aromatic heterocycles. The lowest BCUT2D eigenvalue weighted by atomic mass is 10.2. The minimum Gasteiger partial charge on any atom is -0.394 e. The van der Waals surface area contributed by atoms with E-state index in [4.69, 9.17) is 16.3 Å². The number of aromatic nitrogens is 2. The van der Waals surface area contributed by atoms with Crippen molar-refractivity contribution in [2.45, 2.75) is 25.9 Å². The number of anilines is 1. The maximum atomic E-state index is 11.7. The van der Waals surface area contributed by atoms with Crippen LogP contribution in [0.15, 0.2) is 11.0 Å². The van der Waals surface area contributed by atoms with Crippen molar-refractivity contribution in [1.82, 2.24) is 9.78 Å². The average Bonchev–Trinajstić information content (AvgIpc) is 2.39. The van der Waals surface area contributed by atoms with Crippen LogP contribution in [-0.2, 0) is 11.3 Å². The van der Waals surface area contributed by atoms with Gasteiger partial charge in [0.2, 0.25) is 0 Å². The van der Waals surface area contributed by atoms with Gasteiger partial charge >= 0.3 is 0 Å². The Hall–Kier alpha value is -1.11. The van der Waals surface area contributed by atoms with Gasteiger partial charge in [-0.25, -0.2) is 4.68 Å². The first-order chi connectivity index (χ1) is 8.63. The van der Waals surface area contributed by atoms with Gasteiger partial charge < -0.3 is 15.2 Å². The first-order valence-electron chi connectivity index (χ1n) is 5.76. The highest BCUT2D eigenvalue weighted by molar-refractivity contribution is 6.32. The summed E-state index contributed by atoms with van der Waals surface area (Å²) in [6.45, 7) is 2.71. The second-order valence-corrected chi connectivity index (χ2v) is 4.18. The lowest BCUT2D eigenvalue weighted by Gasteiger charge is -2.17. The first-order valence-corrected chi connectivity index (χ1v) is 6.13. The van der Waals surface area contributed by atoms with Crippen LogP contribution in [0.5, 0.6) is 0 Å². The van der Waals surface area contributed by atoms with Crippen molar-refractivity contribution >= 4 is 17.3 Å². The molecule has 1 unspecified atom stereocenters. The highest BCUT2D eigenvalue weighted by atomic mass is 35.5. The number of methoxy groups -OCH3 is 1. The van der Waals surface area contributed by atoms with Crippen molar-refractivity contribution in [1.29, 1.82) is 0 Å². The molecule has 1 atom stereocenters. The van der Waals surface area contributed by atoms with Crippen molar-refractivity contribution in [3.63, 3.8) is 0 Å². The molecule has 2 N–H and O–H groups in total. The van der Waals surface area contributed by atoms with E-state index >= 15 is 0 Å². The lowest BCUT2D eigenvalue weighted by Crippen LogP contribution is -2.29. The zero-order chi connectivity index (χ0) is 13.5. The van der Waals surface area contributed by atoms with Crippen LogP contribution in [0.4, 0.5) is 5.69 Å². The molecule has 102 valence electrons. The number of halogens is 1.